The molecule has 2 aromatic rings. The van der Waals surface area contributed by atoms with E-state index in [1.54, 1.807) is 0 Å². The van der Waals surface area contributed by atoms with Crippen LogP contribution >= 0.6 is 0 Å². The average Bonchev–Trinajstić information content (AvgIpc) is 2.95. The second-order valence-corrected chi connectivity index (χ2v) is 5.49. The third-order valence-corrected chi connectivity index (χ3v) is 4.13. The number of hydrogen-bond donors (Lipinski definition) is 2. The Hall–Kier alpha value is -1.81. The Bertz CT molecular complexity index is 603. The summed E-state index contributed by atoms with van der Waals surface area (Å²) in [5, 5.41) is 4.34. The van der Waals surface area contributed by atoms with Crippen LogP contribution in [0, 0.1) is 0 Å². The second-order valence-electron chi connectivity index (χ2n) is 5.49. The molecule has 1 aliphatic heterocycles. The zero-order valence-electron chi connectivity index (χ0n) is 11.9. The molecule has 3 rings (SSSR count). The largest absolute Gasteiger partial charge is 0.361 e. The van der Waals surface area contributed by atoms with E-state index in [1.165, 1.54) is 6.42 Å². The van der Waals surface area contributed by atoms with Crippen LogP contribution in [0.1, 0.15) is 29.6 Å². The molecule has 0 spiro atoms. The third-order valence-electron chi connectivity index (χ3n) is 4.13. The van der Waals surface area contributed by atoms with Gasteiger partial charge in [-0.2, -0.15) is 0 Å². The zero-order chi connectivity index (χ0) is 13.9. The van der Waals surface area contributed by atoms with Crippen LogP contribution in [-0.4, -0.2) is 42.0 Å². The number of nitrogens with one attached hydrogen (secondary N) is 2. The first-order chi connectivity index (χ1) is 9.79. The standard InChI is InChI=1S/C16H21N3O/c1-17-11-14-4-2-3-9-19(14)16(20)13-6-5-12-7-8-18-15(12)10-13/h5-8,10,14,17-18H,2-4,9,11H2,1H3. The third kappa shape index (κ3) is 2.43. The van der Waals surface area contributed by atoms with Crippen molar-refractivity contribution in [2.24, 2.45) is 0 Å². The van der Waals surface area contributed by atoms with Gasteiger partial charge in [-0.25, -0.2) is 0 Å². The van der Waals surface area contributed by atoms with E-state index in [9.17, 15) is 4.79 Å². The van der Waals surface area contributed by atoms with Crippen molar-refractivity contribution >= 4 is 16.8 Å². The normalized spacial score (nSPS) is 19.4. The Morgan fingerprint density at radius 2 is 2.30 bits per heavy atom. The van der Waals surface area contributed by atoms with E-state index in [0.717, 1.165) is 42.4 Å². The summed E-state index contributed by atoms with van der Waals surface area (Å²) in [5.74, 6) is 0.154. The number of carbonyl (C=O) groups excluding carboxylic acids is 1. The van der Waals surface area contributed by atoms with Crippen LogP contribution in [0.4, 0.5) is 0 Å². The van der Waals surface area contributed by atoms with E-state index in [4.69, 9.17) is 0 Å². The molecule has 0 bridgehead atoms. The minimum absolute atomic E-state index is 0.154. The van der Waals surface area contributed by atoms with E-state index in [2.05, 4.69) is 10.3 Å². The van der Waals surface area contributed by atoms with Crippen LogP contribution in [-0.2, 0) is 0 Å². The Morgan fingerprint density at radius 3 is 3.15 bits per heavy atom. The zero-order valence-corrected chi connectivity index (χ0v) is 11.9. The molecule has 1 amide bonds. The van der Waals surface area contributed by atoms with Gasteiger partial charge in [0.15, 0.2) is 0 Å². The SMILES string of the molecule is CNCC1CCCCN1C(=O)c1ccc2cc[nH]c2c1. The van der Waals surface area contributed by atoms with Crippen molar-refractivity contribution in [3.8, 4) is 0 Å². The first kappa shape index (κ1) is 13.2. The number of aromatic nitrogens is 1. The van der Waals surface area contributed by atoms with Gasteiger partial charge in [-0.15, -0.1) is 0 Å². The van der Waals surface area contributed by atoms with Gasteiger partial charge in [-0.05, 0) is 49.9 Å². The highest BCUT2D eigenvalue weighted by Crippen LogP contribution is 2.21. The van der Waals surface area contributed by atoms with E-state index >= 15 is 0 Å². The molecule has 2 heterocycles. The molecule has 106 valence electrons. The lowest BCUT2D eigenvalue weighted by atomic mass is 10.0. The highest BCUT2D eigenvalue weighted by molar-refractivity contribution is 5.98. The van der Waals surface area contributed by atoms with Gasteiger partial charge in [0.1, 0.15) is 0 Å². The number of carbonyl (C=O) groups is 1. The number of nitrogens with zero attached hydrogens (tertiary/aromatic N) is 1. The second kappa shape index (κ2) is 5.67. The molecule has 1 saturated heterocycles. The summed E-state index contributed by atoms with van der Waals surface area (Å²) in [5.41, 5.74) is 1.81. The highest BCUT2D eigenvalue weighted by atomic mass is 16.2. The van der Waals surface area contributed by atoms with Gasteiger partial charge in [-0.3, -0.25) is 4.79 Å². The first-order valence-electron chi connectivity index (χ1n) is 7.32. The molecule has 1 aromatic heterocycles. The van der Waals surface area contributed by atoms with Crippen LogP contribution < -0.4 is 5.32 Å². The topological polar surface area (TPSA) is 48.1 Å². The summed E-state index contributed by atoms with van der Waals surface area (Å²) in [6, 6.07) is 8.25. The molecule has 1 atom stereocenters. The monoisotopic (exact) mass is 271 g/mol. The van der Waals surface area contributed by atoms with Crippen molar-refractivity contribution in [2.75, 3.05) is 20.1 Å². The Labute approximate surface area is 119 Å². The number of piperidine rings is 1. The van der Waals surface area contributed by atoms with Gasteiger partial charge >= 0.3 is 0 Å². The number of likely N-dealkylation sites (tertiary alicyclic amines) is 1. The summed E-state index contributed by atoms with van der Waals surface area (Å²) < 4.78 is 0. The highest BCUT2D eigenvalue weighted by Gasteiger charge is 2.26. The van der Waals surface area contributed by atoms with Gasteiger partial charge in [0.25, 0.3) is 5.91 Å². The van der Waals surface area contributed by atoms with E-state index in [-0.39, 0.29) is 5.91 Å². The fraction of sp³-hybridized carbons (Fsp3) is 0.438. The number of fused-ring (bicyclic) bond motifs is 1. The lowest BCUT2D eigenvalue weighted by Gasteiger charge is -2.35. The number of hydrogen-bond acceptors (Lipinski definition) is 2. The van der Waals surface area contributed by atoms with Crippen molar-refractivity contribution in [3.63, 3.8) is 0 Å². The van der Waals surface area contributed by atoms with Crippen molar-refractivity contribution in [1.82, 2.24) is 15.2 Å². The van der Waals surface area contributed by atoms with Crippen LogP contribution in [0.3, 0.4) is 0 Å². The van der Waals surface area contributed by atoms with Crippen molar-refractivity contribution in [1.29, 1.82) is 0 Å². The molecule has 1 unspecified atom stereocenters. The lowest BCUT2D eigenvalue weighted by Crippen LogP contribution is -2.48. The Kier molecular flexibility index (Phi) is 3.74. The molecular weight excluding hydrogens is 250 g/mol. The minimum Gasteiger partial charge on any atom is -0.361 e. The Balaban J connectivity index is 1.85. The average molecular weight is 271 g/mol. The summed E-state index contributed by atoms with van der Waals surface area (Å²) in [6.07, 6.45) is 5.32. The van der Waals surface area contributed by atoms with Crippen LogP contribution in [0.25, 0.3) is 10.9 Å². The molecule has 4 heteroatoms. The number of amides is 1. The van der Waals surface area contributed by atoms with Crippen LogP contribution in [0.5, 0.6) is 0 Å². The smallest absolute Gasteiger partial charge is 0.254 e. The van der Waals surface area contributed by atoms with Gasteiger partial charge < -0.3 is 15.2 Å². The maximum Gasteiger partial charge on any atom is 0.254 e. The van der Waals surface area contributed by atoms with Gasteiger partial charge in [0.2, 0.25) is 0 Å². The number of aromatic amines is 1. The molecule has 4 nitrogen and oxygen atoms in total. The molecule has 1 fully saturated rings. The number of H-pyrrole nitrogens is 1. The molecule has 1 aliphatic rings. The van der Waals surface area contributed by atoms with Gasteiger partial charge in [0.05, 0.1) is 0 Å². The summed E-state index contributed by atoms with van der Waals surface area (Å²) >= 11 is 0. The number of benzene rings is 1. The predicted molar refractivity (Wildman–Crippen MR) is 80.9 cm³/mol. The van der Waals surface area contributed by atoms with Gasteiger partial charge in [-0.1, -0.05) is 6.07 Å². The summed E-state index contributed by atoms with van der Waals surface area (Å²) in [4.78, 5) is 17.9. The number of rotatable bonds is 3. The quantitative estimate of drug-likeness (QED) is 0.900. The summed E-state index contributed by atoms with van der Waals surface area (Å²) in [6.45, 7) is 1.74. The van der Waals surface area contributed by atoms with E-state index in [0.29, 0.717) is 6.04 Å². The van der Waals surface area contributed by atoms with E-state index in [1.807, 2.05) is 42.4 Å². The molecule has 2 N–H and O–H groups in total. The molecule has 20 heavy (non-hydrogen) atoms. The van der Waals surface area contributed by atoms with Gasteiger partial charge in [0, 0.05) is 36.4 Å². The predicted octanol–water partition coefficient (Wildman–Crippen LogP) is 2.38. The fourth-order valence-electron chi connectivity index (χ4n) is 3.06. The van der Waals surface area contributed by atoms with Crippen molar-refractivity contribution in [3.05, 3.63) is 36.0 Å². The maximum absolute atomic E-state index is 12.7. The molecule has 1 aromatic carbocycles. The molecule has 0 saturated carbocycles. The maximum atomic E-state index is 12.7. The first-order valence-corrected chi connectivity index (χ1v) is 7.32. The Morgan fingerprint density at radius 1 is 1.40 bits per heavy atom. The van der Waals surface area contributed by atoms with E-state index < -0.39 is 0 Å². The molecular formula is C16H21N3O. The number of likely N-dealkylation sites (N-methyl/N-ethyl adjacent to an activating group) is 1. The molecule has 0 radical (unpaired) electrons. The lowest BCUT2D eigenvalue weighted by molar-refractivity contribution is 0.0615. The minimum atomic E-state index is 0.154. The van der Waals surface area contributed by atoms with Crippen LogP contribution in [0.2, 0.25) is 0 Å². The van der Waals surface area contributed by atoms with Crippen molar-refractivity contribution in [2.45, 2.75) is 25.3 Å². The fourth-order valence-corrected chi connectivity index (χ4v) is 3.06. The van der Waals surface area contributed by atoms with Crippen molar-refractivity contribution < 1.29 is 4.79 Å². The molecule has 0 aliphatic carbocycles. The van der Waals surface area contributed by atoms with Crippen LogP contribution in [0.15, 0.2) is 30.5 Å². The summed E-state index contributed by atoms with van der Waals surface area (Å²) in [7, 11) is 1.95.